The van der Waals surface area contributed by atoms with Crippen molar-refractivity contribution in [3.8, 4) is 0 Å². The second kappa shape index (κ2) is 8.64. The fourth-order valence-electron chi connectivity index (χ4n) is 0.569. The lowest BCUT2D eigenvalue weighted by molar-refractivity contribution is -0.143. The maximum atomic E-state index is 10.6. The van der Waals surface area contributed by atoms with E-state index < -0.39 is 6.16 Å². The monoisotopic (exact) mass is 223 g/mol. The molecule has 1 N–H and O–H groups in total. The number of esters is 1. The van der Waals surface area contributed by atoms with Gasteiger partial charge in [-0.05, 0) is 0 Å². The van der Waals surface area contributed by atoms with E-state index in [0.717, 1.165) is 0 Å². The Labute approximate surface area is 87.4 Å². The average molecular weight is 223 g/mol. The zero-order valence-corrected chi connectivity index (χ0v) is 8.71. The van der Waals surface area contributed by atoms with Crippen LogP contribution >= 0.6 is 12.8 Å². The molecule has 0 aromatic rings. The molecule has 0 aromatic heterocycles. The van der Waals surface area contributed by atoms with Crippen LogP contribution in [0, 0.1) is 0 Å². The molecule has 0 amide bonds. The van der Waals surface area contributed by atoms with Gasteiger partial charge in [-0.1, -0.05) is 24.6 Å². The molecule has 0 rings (SSSR count). The molecular formula is C7H13NO5S. The third-order valence-electron chi connectivity index (χ3n) is 1.19. The van der Waals surface area contributed by atoms with E-state index in [2.05, 4.69) is 22.4 Å². The maximum Gasteiger partial charge on any atom is 0.528 e. The second-order valence-electron chi connectivity index (χ2n) is 2.22. The lowest BCUT2D eigenvalue weighted by atomic mass is 10.5. The van der Waals surface area contributed by atoms with Crippen molar-refractivity contribution in [2.75, 3.05) is 13.2 Å². The molecule has 0 spiro atoms. The van der Waals surface area contributed by atoms with Crippen LogP contribution in [0.3, 0.4) is 0 Å². The first-order valence-corrected chi connectivity index (χ1v) is 4.53. The summed E-state index contributed by atoms with van der Waals surface area (Å²) in [4.78, 5) is 27.2. The van der Waals surface area contributed by atoms with Gasteiger partial charge in [0.05, 0.1) is 13.2 Å². The standard InChI is InChI=1S/C7H13NO5S/c1-2-6(9)11-4-3-5-12-7(10)13-8-14/h8,14H,2-5H2,1H3. The number of carbonyl (C=O) groups excluding carboxylic acids is 2. The van der Waals surface area contributed by atoms with E-state index in [0.29, 0.717) is 12.8 Å². The number of thiol groups is 1. The van der Waals surface area contributed by atoms with Gasteiger partial charge in [0.2, 0.25) is 0 Å². The highest BCUT2D eigenvalue weighted by atomic mass is 32.1. The van der Waals surface area contributed by atoms with Gasteiger partial charge < -0.3 is 14.3 Å². The first-order chi connectivity index (χ1) is 6.70. The topological polar surface area (TPSA) is 73.9 Å². The molecule has 0 aliphatic heterocycles. The van der Waals surface area contributed by atoms with Crippen LogP contribution in [-0.2, 0) is 19.1 Å². The molecule has 14 heavy (non-hydrogen) atoms. The molecule has 0 fully saturated rings. The SMILES string of the molecule is CCC(=O)OCCCOC(=O)ONS. The lowest BCUT2D eigenvalue weighted by Gasteiger charge is -2.04. The van der Waals surface area contributed by atoms with E-state index in [9.17, 15) is 9.59 Å². The Bertz CT molecular complexity index is 187. The predicted octanol–water partition coefficient (Wildman–Crippen LogP) is 0.832. The summed E-state index contributed by atoms with van der Waals surface area (Å²) < 4.78 is 9.27. The zero-order valence-electron chi connectivity index (χ0n) is 7.82. The molecule has 0 radical (unpaired) electrons. The van der Waals surface area contributed by atoms with Crippen molar-refractivity contribution in [3.63, 3.8) is 0 Å². The zero-order chi connectivity index (χ0) is 10.8. The first-order valence-electron chi connectivity index (χ1n) is 4.09. The van der Waals surface area contributed by atoms with Gasteiger partial charge >= 0.3 is 12.1 Å². The number of hydrogen-bond acceptors (Lipinski definition) is 7. The van der Waals surface area contributed by atoms with Crippen molar-refractivity contribution in [1.29, 1.82) is 0 Å². The van der Waals surface area contributed by atoms with E-state index in [1.165, 1.54) is 0 Å². The Kier molecular flexibility index (Phi) is 8.05. The molecule has 0 atom stereocenters. The molecule has 82 valence electrons. The Morgan fingerprint density at radius 1 is 1.29 bits per heavy atom. The highest BCUT2D eigenvalue weighted by Gasteiger charge is 2.02. The highest BCUT2D eigenvalue weighted by Crippen LogP contribution is 1.90. The third kappa shape index (κ3) is 7.69. The van der Waals surface area contributed by atoms with Crippen molar-refractivity contribution in [1.82, 2.24) is 4.89 Å². The van der Waals surface area contributed by atoms with Crippen molar-refractivity contribution in [2.24, 2.45) is 0 Å². The number of nitrogens with one attached hydrogen (secondary N) is 1. The Balaban J connectivity index is 3.21. The summed E-state index contributed by atoms with van der Waals surface area (Å²) >= 11 is 3.42. The molecule has 0 saturated heterocycles. The number of rotatable bonds is 6. The molecule has 6 nitrogen and oxygen atoms in total. The van der Waals surface area contributed by atoms with Crippen molar-refractivity contribution in [2.45, 2.75) is 19.8 Å². The fourth-order valence-corrected chi connectivity index (χ4v) is 0.644. The summed E-state index contributed by atoms with van der Waals surface area (Å²) in [5, 5.41) is 0. The predicted molar refractivity (Wildman–Crippen MR) is 50.4 cm³/mol. The Hall–Kier alpha value is -0.950. The largest absolute Gasteiger partial charge is 0.528 e. The molecular weight excluding hydrogens is 210 g/mol. The molecule has 0 aliphatic carbocycles. The molecule has 0 aliphatic rings. The second-order valence-corrected chi connectivity index (χ2v) is 2.40. The van der Waals surface area contributed by atoms with Crippen molar-refractivity contribution >= 4 is 24.9 Å². The quantitative estimate of drug-likeness (QED) is 0.301. The minimum Gasteiger partial charge on any atom is -0.466 e. The number of carbonyl (C=O) groups is 2. The van der Waals surface area contributed by atoms with E-state index in [-0.39, 0.29) is 19.2 Å². The van der Waals surface area contributed by atoms with Gasteiger partial charge in [0, 0.05) is 12.8 Å². The summed E-state index contributed by atoms with van der Waals surface area (Å²) in [6.45, 7) is 2.06. The lowest BCUT2D eigenvalue weighted by Crippen LogP contribution is -2.14. The molecule has 0 saturated carbocycles. The van der Waals surface area contributed by atoms with Gasteiger partial charge in [-0.3, -0.25) is 4.79 Å². The first kappa shape index (κ1) is 13.1. The summed E-state index contributed by atoms with van der Waals surface area (Å²) in [6, 6.07) is 0. The van der Waals surface area contributed by atoms with Gasteiger partial charge in [0.15, 0.2) is 0 Å². The maximum absolute atomic E-state index is 10.6. The van der Waals surface area contributed by atoms with Crippen LogP contribution in [0.4, 0.5) is 4.79 Å². The van der Waals surface area contributed by atoms with Crippen LogP contribution in [0.2, 0.25) is 0 Å². The van der Waals surface area contributed by atoms with Crippen LogP contribution in [0.15, 0.2) is 0 Å². The van der Waals surface area contributed by atoms with Crippen LogP contribution in [0.5, 0.6) is 0 Å². The Morgan fingerprint density at radius 3 is 2.50 bits per heavy atom. The fraction of sp³-hybridized carbons (Fsp3) is 0.714. The third-order valence-corrected chi connectivity index (χ3v) is 1.28. The number of hydrogen-bond donors (Lipinski definition) is 2. The summed E-state index contributed by atoms with van der Waals surface area (Å²) in [6.07, 6.45) is -0.0957. The number of ether oxygens (including phenoxy) is 2. The molecule has 0 heterocycles. The normalized spacial score (nSPS) is 9.29. The highest BCUT2D eigenvalue weighted by molar-refractivity contribution is 7.77. The van der Waals surface area contributed by atoms with Crippen LogP contribution in [0.1, 0.15) is 19.8 Å². The van der Waals surface area contributed by atoms with Crippen molar-refractivity contribution in [3.05, 3.63) is 0 Å². The van der Waals surface area contributed by atoms with Gasteiger partial charge in [0.1, 0.15) is 0 Å². The molecule has 0 unspecified atom stereocenters. The van der Waals surface area contributed by atoms with Crippen LogP contribution in [0.25, 0.3) is 0 Å². The van der Waals surface area contributed by atoms with E-state index >= 15 is 0 Å². The van der Waals surface area contributed by atoms with Crippen LogP contribution in [-0.4, -0.2) is 25.3 Å². The van der Waals surface area contributed by atoms with E-state index in [1.54, 1.807) is 6.92 Å². The van der Waals surface area contributed by atoms with Gasteiger partial charge in [-0.15, -0.1) is 0 Å². The summed E-state index contributed by atoms with van der Waals surface area (Å²) in [5.74, 6) is -0.274. The molecule has 0 aromatic carbocycles. The van der Waals surface area contributed by atoms with E-state index in [4.69, 9.17) is 4.74 Å². The van der Waals surface area contributed by atoms with E-state index in [1.807, 2.05) is 4.89 Å². The Morgan fingerprint density at radius 2 is 1.93 bits per heavy atom. The van der Waals surface area contributed by atoms with Crippen LogP contribution < -0.4 is 4.89 Å². The summed E-state index contributed by atoms with van der Waals surface area (Å²) in [5.41, 5.74) is 0. The minimum atomic E-state index is -0.873. The van der Waals surface area contributed by atoms with Gasteiger partial charge in [0.25, 0.3) is 0 Å². The minimum absolute atomic E-state index is 0.130. The van der Waals surface area contributed by atoms with Gasteiger partial charge in [-0.2, -0.15) is 0 Å². The average Bonchev–Trinajstić information content (AvgIpc) is 2.17. The van der Waals surface area contributed by atoms with Crippen molar-refractivity contribution < 1.29 is 23.9 Å². The summed E-state index contributed by atoms with van der Waals surface area (Å²) in [7, 11) is 0. The molecule has 0 bridgehead atoms. The smallest absolute Gasteiger partial charge is 0.466 e. The molecule has 7 heteroatoms. The van der Waals surface area contributed by atoms with Gasteiger partial charge in [-0.25, -0.2) is 4.79 Å².